The van der Waals surface area contributed by atoms with Gasteiger partial charge < -0.3 is 0 Å². The summed E-state index contributed by atoms with van der Waals surface area (Å²) in [6.45, 7) is 2.31. The van der Waals surface area contributed by atoms with Crippen molar-refractivity contribution >= 4 is 9.52 Å². The second-order valence-electron chi connectivity index (χ2n) is 2.43. The first kappa shape index (κ1) is 7.54. The first-order chi connectivity index (χ1) is 4.93. The normalized spacial score (nSPS) is 9.70. The van der Waals surface area contributed by atoms with Gasteiger partial charge in [0.2, 0.25) is 0 Å². The summed E-state index contributed by atoms with van der Waals surface area (Å²) in [5.74, 6) is 0. The maximum Gasteiger partial charge on any atom is 0.0250 e. The fourth-order valence-corrected chi connectivity index (χ4v) is 1.58. The Hall–Kier alpha value is -0.563. The highest BCUT2D eigenvalue weighted by molar-refractivity contribution is 6.33. The molecule has 0 amide bonds. The Kier molecular flexibility index (Phi) is 3.23. The maximum absolute atomic E-state index is 2.31. The minimum absolute atomic E-state index is 0.677. The number of benzene rings is 1. The van der Waals surface area contributed by atoms with Crippen LogP contribution < -0.4 is 0 Å². The Bertz CT molecular complexity index is 169. The van der Waals surface area contributed by atoms with Crippen LogP contribution in [0, 0.1) is 0 Å². The van der Waals surface area contributed by atoms with E-state index < -0.39 is 0 Å². The molecule has 0 aliphatic carbocycles. The lowest BCUT2D eigenvalue weighted by Crippen LogP contribution is -1.86. The minimum atomic E-state index is 0.677. The molecule has 0 unspecified atom stereocenters. The van der Waals surface area contributed by atoms with Crippen molar-refractivity contribution in [1.29, 1.82) is 0 Å². The van der Waals surface area contributed by atoms with E-state index in [-0.39, 0.29) is 0 Å². The van der Waals surface area contributed by atoms with Gasteiger partial charge in [0.25, 0.3) is 0 Å². The van der Waals surface area contributed by atoms with Crippen LogP contribution in [0.4, 0.5) is 0 Å². The number of aryl methyl sites for hydroxylation is 1. The lowest BCUT2D eigenvalue weighted by molar-refractivity contribution is 1.12. The van der Waals surface area contributed by atoms with Gasteiger partial charge in [-0.1, -0.05) is 42.9 Å². The molecule has 1 aromatic carbocycles. The molecule has 10 heavy (non-hydrogen) atoms. The van der Waals surface area contributed by atoms with E-state index in [1.54, 1.807) is 0 Å². The highest BCUT2D eigenvalue weighted by Crippen LogP contribution is 2.01. The zero-order valence-corrected chi connectivity index (χ0v) is 7.53. The molecule has 0 bridgehead atoms. The first-order valence-electron chi connectivity index (χ1n) is 3.75. The van der Waals surface area contributed by atoms with Crippen LogP contribution in [-0.4, -0.2) is 9.52 Å². The predicted octanol–water partition coefficient (Wildman–Crippen LogP) is 2.13. The molecule has 1 aromatic rings. The van der Waals surface area contributed by atoms with Crippen LogP contribution in [0.1, 0.15) is 5.56 Å². The summed E-state index contributed by atoms with van der Waals surface area (Å²) in [6.07, 6.45) is 1.27. The quantitative estimate of drug-likeness (QED) is 0.578. The molecule has 0 aliphatic rings. The van der Waals surface area contributed by atoms with Crippen LogP contribution in [0.5, 0.6) is 0 Å². The molecular formula is C9H13Si. The zero-order valence-electron chi connectivity index (χ0n) is 6.38. The monoisotopic (exact) mass is 149 g/mol. The van der Waals surface area contributed by atoms with E-state index in [9.17, 15) is 0 Å². The van der Waals surface area contributed by atoms with E-state index in [1.807, 2.05) is 0 Å². The smallest absolute Gasteiger partial charge is 0.0250 e. The van der Waals surface area contributed by atoms with Gasteiger partial charge in [0, 0.05) is 9.52 Å². The van der Waals surface area contributed by atoms with Crippen molar-refractivity contribution < 1.29 is 0 Å². The average molecular weight is 149 g/mol. The van der Waals surface area contributed by atoms with E-state index in [4.69, 9.17) is 0 Å². The molecule has 1 heteroatoms. The second kappa shape index (κ2) is 4.28. The third kappa shape index (κ3) is 2.36. The molecule has 0 saturated carbocycles. The minimum Gasteiger partial charge on any atom is -0.0741 e. The molecule has 1 radical (unpaired) electrons. The highest BCUT2D eigenvalue weighted by Gasteiger charge is 1.87. The highest BCUT2D eigenvalue weighted by atomic mass is 28.2. The molecule has 0 fully saturated rings. The Balaban J connectivity index is 2.43. The molecule has 0 heterocycles. The van der Waals surface area contributed by atoms with Crippen LogP contribution in [0.2, 0.25) is 12.6 Å². The molecule has 0 nitrogen and oxygen atoms in total. The van der Waals surface area contributed by atoms with Gasteiger partial charge >= 0.3 is 0 Å². The van der Waals surface area contributed by atoms with Gasteiger partial charge in [0.15, 0.2) is 0 Å². The van der Waals surface area contributed by atoms with Crippen LogP contribution in [0.3, 0.4) is 0 Å². The largest absolute Gasteiger partial charge is 0.0741 e. The van der Waals surface area contributed by atoms with Crippen LogP contribution in [0.25, 0.3) is 0 Å². The molecule has 0 N–H and O–H groups in total. The molecule has 0 saturated heterocycles. The van der Waals surface area contributed by atoms with Crippen LogP contribution in [-0.2, 0) is 6.42 Å². The van der Waals surface area contributed by atoms with E-state index in [2.05, 4.69) is 36.9 Å². The molecule has 1 rings (SSSR count). The third-order valence-electron chi connectivity index (χ3n) is 1.56. The molecule has 53 valence electrons. The van der Waals surface area contributed by atoms with E-state index in [0.717, 1.165) is 0 Å². The SMILES string of the molecule is C[SiH]CCc1ccccc1. The number of hydrogen-bond acceptors (Lipinski definition) is 0. The van der Waals surface area contributed by atoms with E-state index in [0.29, 0.717) is 9.52 Å². The Morgan fingerprint density at radius 3 is 2.50 bits per heavy atom. The van der Waals surface area contributed by atoms with Crippen molar-refractivity contribution in [3.63, 3.8) is 0 Å². The Morgan fingerprint density at radius 2 is 1.90 bits per heavy atom. The third-order valence-corrected chi connectivity index (χ3v) is 2.43. The van der Waals surface area contributed by atoms with Crippen molar-refractivity contribution in [2.75, 3.05) is 0 Å². The summed E-state index contributed by atoms with van der Waals surface area (Å²) in [5, 5.41) is 0. The van der Waals surface area contributed by atoms with E-state index >= 15 is 0 Å². The van der Waals surface area contributed by atoms with Crippen molar-refractivity contribution in [2.24, 2.45) is 0 Å². The summed E-state index contributed by atoms with van der Waals surface area (Å²) >= 11 is 0. The average Bonchev–Trinajstić information content (AvgIpc) is 2.03. The summed E-state index contributed by atoms with van der Waals surface area (Å²) in [7, 11) is 0.677. The van der Waals surface area contributed by atoms with Gasteiger partial charge in [0.05, 0.1) is 0 Å². The standard InChI is InChI=1S/C9H13Si/c1-10-8-7-9-5-3-2-4-6-9/h2-6,10H,7-8H2,1H3. The molecule has 0 spiro atoms. The molecular weight excluding hydrogens is 136 g/mol. The molecule has 0 aliphatic heterocycles. The van der Waals surface area contributed by atoms with Gasteiger partial charge in [0.1, 0.15) is 0 Å². The van der Waals surface area contributed by atoms with Crippen molar-refractivity contribution in [2.45, 2.75) is 19.0 Å². The van der Waals surface area contributed by atoms with Crippen LogP contribution in [0.15, 0.2) is 30.3 Å². The van der Waals surface area contributed by atoms with Gasteiger partial charge in [-0.05, 0) is 12.0 Å². The van der Waals surface area contributed by atoms with E-state index in [1.165, 1.54) is 18.0 Å². The van der Waals surface area contributed by atoms with Gasteiger partial charge in [-0.15, -0.1) is 0 Å². The second-order valence-corrected chi connectivity index (χ2v) is 3.83. The fourth-order valence-electron chi connectivity index (χ4n) is 0.956. The van der Waals surface area contributed by atoms with Crippen LogP contribution >= 0.6 is 0 Å². The Morgan fingerprint density at radius 1 is 1.20 bits per heavy atom. The van der Waals surface area contributed by atoms with Gasteiger partial charge in [-0.25, -0.2) is 0 Å². The summed E-state index contributed by atoms with van der Waals surface area (Å²) in [6, 6.07) is 12.1. The summed E-state index contributed by atoms with van der Waals surface area (Å²) < 4.78 is 0. The maximum atomic E-state index is 2.31. The van der Waals surface area contributed by atoms with Crippen molar-refractivity contribution in [3.05, 3.63) is 35.9 Å². The lowest BCUT2D eigenvalue weighted by atomic mass is 10.2. The zero-order chi connectivity index (χ0) is 7.23. The first-order valence-corrected chi connectivity index (χ1v) is 5.72. The Labute approximate surface area is 65.1 Å². The fraction of sp³-hybridized carbons (Fsp3) is 0.333. The van der Waals surface area contributed by atoms with Gasteiger partial charge in [-0.3, -0.25) is 0 Å². The molecule has 0 aromatic heterocycles. The molecule has 0 atom stereocenters. The van der Waals surface area contributed by atoms with Gasteiger partial charge in [-0.2, -0.15) is 0 Å². The predicted molar refractivity (Wildman–Crippen MR) is 48.0 cm³/mol. The summed E-state index contributed by atoms with van der Waals surface area (Å²) in [5.41, 5.74) is 1.48. The number of hydrogen-bond donors (Lipinski definition) is 0. The topological polar surface area (TPSA) is 0 Å². The summed E-state index contributed by atoms with van der Waals surface area (Å²) in [4.78, 5) is 0. The van der Waals surface area contributed by atoms with Crippen molar-refractivity contribution in [3.8, 4) is 0 Å². The number of rotatable bonds is 3. The van der Waals surface area contributed by atoms with Crippen molar-refractivity contribution in [1.82, 2.24) is 0 Å². The lowest BCUT2D eigenvalue weighted by Gasteiger charge is -1.96.